The molecular formula is C17H20N2O3. The Kier molecular flexibility index (Phi) is 3.72. The van der Waals surface area contributed by atoms with Crippen LogP contribution in [0.15, 0.2) is 42.6 Å². The molecule has 1 N–H and O–H groups in total. The second-order valence-corrected chi connectivity index (χ2v) is 5.68. The molecule has 0 bridgehead atoms. The first-order chi connectivity index (χ1) is 10.9. The SMILES string of the molecule is c1ccc(COCn2ccc3c2C2(CNC3)OCCO2)cc1. The zero-order chi connectivity index (χ0) is 14.8. The number of aromatic nitrogens is 1. The summed E-state index contributed by atoms with van der Waals surface area (Å²) in [6.45, 7) is 3.89. The van der Waals surface area contributed by atoms with Gasteiger partial charge in [-0.05, 0) is 17.2 Å². The fourth-order valence-corrected chi connectivity index (χ4v) is 3.21. The van der Waals surface area contributed by atoms with Crippen LogP contribution in [-0.2, 0) is 39.9 Å². The summed E-state index contributed by atoms with van der Waals surface area (Å²) in [6, 6.07) is 12.3. The molecule has 5 heteroatoms. The fraction of sp³-hybridized carbons (Fsp3) is 0.412. The van der Waals surface area contributed by atoms with E-state index in [4.69, 9.17) is 14.2 Å². The predicted octanol–water partition coefficient (Wildman–Crippen LogP) is 1.97. The lowest BCUT2D eigenvalue weighted by Gasteiger charge is -2.33. The highest BCUT2D eigenvalue weighted by atomic mass is 16.7. The number of benzene rings is 1. The molecule has 0 aliphatic carbocycles. The van der Waals surface area contributed by atoms with Gasteiger partial charge < -0.3 is 24.1 Å². The summed E-state index contributed by atoms with van der Waals surface area (Å²) in [5.41, 5.74) is 3.49. The summed E-state index contributed by atoms with van der Waals surface area (Å²) in [5.74, 6) is -0.646. The first kappa shape index (κ1) is 14.0. The number of nitrogens with zero attached hydrogens (tertiary/aromatic N) is 1. The molecule has 0 radical (unpaired) electrons. The van der Waals surface area contributed by atoms with Crippen molar-refractivity contribution < 1.29 is 14.2 Å². The lowest BCUT2D eigenvalue weighted by atomic mass is 10.0. The van der Waals surface area contributed by atoms with E-state index in [2.05, 4.69) is 34.3 Å². The largest absolute Gasteiger partial charge is 0.356 e. The van der Waals surface area contributed by atoms with Crippen molar-refractivity contribution in [2.75, 3.05) is 19.8 Å². The van der Waals surface area contributed by atoms with E-state index >= 15 is 0 Å². The highest BCUT2D eigenvalue weighted by Crippen LogP contribution is 2.36. The molecule has 1 fully saturated rings. The molecule has 5 nitrogen and oxygen atoms in total. The molecule has 0 amide bonds. The minimum atomic E-state index is -0.646. The van der Waals surface area contributed by atoms with E-state index in [0.717, 1.165) is 12.2 Å². The molecule has 2 aliphatic heterocycles. The van der Waals surface area contributed by atoms with Gasteiger partial charge in [0.25, 0.3) is 0 Å². The van der Waals surface area contributed by atoms with Gasteiger partial charge in [-0.25, -0.2) is 0 Å². The molecule has 1 saturated heterocycles. The lowest BCUT2D eigenvalue weighted by molar-refractivity contribution is -0.173. The third kappa shape index (κ3) is 2.46. The summed E-state index contributed by atoms with van der Waals surface area (Å²) in [5, 5.41) is 3.36. The van der Waals surface area contributed by atoms with E-state index in [1.165, 1.54) is 11.1 Å². The Labute approximate surface area is 129 Å². The van der Waals surface area contributed by atoms with Gasteiger partial charge in [0.2, 0.25) is 5.79 Å². The maximum atomic E-state index is 5.91. The van der Waals surface area contributed by atoms with Crippen LogP contribution < -0.4 is 5.32 Å². The van der Waals surface area contributed by atoms with Crippen molar-refractivity contribution in [2.24, 2.45) is 0 Å². The molecule has 22 heavy (non-hydrogen) atoms. The van der Waals surface area contributed by atoms with Crippen LogP contribution in [0.25, 0.3) is 0 Å². The number of hydrogen-bond acceptors (Lipinski definition) is 4. The fourth-order valence-electron chi connectivity index (χ4n) is 3.21. The van der Waals surface area contributed by atoms with Crippen LogP contribution in [0.1, 0.15) is 16.8 Å². The van der Waals surface area contributed by atoms with Gasteiger partial charge in [0.15, 0.2) is 0 Å². The second kappa shape index (κ2) is 5.85. The average molecular weight is 300 g/mol. The average Bonchev–Trinajstić information content (AvgIpc) is 3.17. The standard InChI is InChI=1S/C17H20N2O3/c1-2-4-14(5-3-1)11-20-13-19-7-6-15-10-18-12-17(16(15)19)21-8-9-22-17/h1-7,18H,8-13H2. The molecule has 1 aromatic carbocycles. The van der Waals surface area contributed by atoms with Crippen LogP contribution in [0.4, 0.5) is 0 Å². The predicted molar refractivity (Wildman–Crippen MR) is 81.0 cm³/mol. The maximum Gasteiger partial charge on any atom is 0.223 e. The molecule has 2 aliphatic rings. The first-order valence-corrected chi connectivity index (χ1v) is 7.66. The topological polar surface area (TPSA) is 44.7 Å². The van der Waals surface area contributed by atoms with E-state index in [1.807, 2.05) is 18.2 Å². The Morgan fingerprint density at radius 1 is 1.14 bits per heavy atom. The summed E-state index contributed by atoms with van der Waals surface area (Å²) < 4.78 is 19.8. The Hall–Kier alpha value is -1.66. The van der Waals surface area contributed by atoms with Gasteiger partial charge in [0.1, 0.15) is 6.73 Å². The van der Waals surface area contributed by atoms with Crippen molar-refractivity contribution in [3.05, 3.63) is 59.4 Å². The van der Waals surface area contributed by atoms with Crippen molar-refractivity contribution in [1.82, 2.24) is 9.88 Å². The minimum absolute atomic E-state index is 0.499. The molecule has 2 aromatic rings. The molecule has 116 valence electrons. The van der Waals surface area contributed by atoms with Crippen LogP contribution in [0.2, 0.25) is 0 Å². The lowest BCUT2D eigenvalue weighted by Crippen LogP contribution is -2.45. The van der Waals surface area contributed by atoms with Crippen molar-refractivity contribution in [1.29, 1.82) is 0 Å². The maximum absolute atomic E-state index is 5.91. The third-order valence-corrected chi connectivity index (χ3v) is 4.18. The Morgan fingerprint density at radius 2 is 1.95 bits per heavy atom. The number of nitrogens with one attached hydrogen (secondary N) is 1. The summed E-state index contributed by atoms with van der Waals surface area (Å²) >= 11 is 0. The molecule has 1 aromatic heterocycles. The van der Waals surface area contributed by atoms with Crippen molar-refractivity contribution in [3.63, 3.8) is 0 Å². The first-order valence-electron chi connectivity index (χ1n) is 7.66. The van der Waals surface area contributed by atoms with Crippen LogP contribution in [0.5, 0.6) is 0 Å². The van der Waals surface area contributed by atoms with Crippen LogP contribution in [-0.4, -0.2) is 24.3 Å². The van der Waals surface area contributed by atoms with Gasteiger partial charge in [-0.15, -0.1) is 0 Å². The summed E-state index contributed by atoms with van der Waals surface area (Å²) in [7, 11) is 0. The van der Waals surface area contributed by atoms with Gasteiger partial charge in [-0.1, -0.05) is 30.3 Å². The van der Waals surface area contributed by atoms with E-state index in [0.29, 0.717) is 33.1 Å². The van der Waals surface area contributed by atoms with Gasteiger partial charge in [0, 0.05) is 12.7 Å². The van der Waals surface area contributed by atoms with Crippen LogP contribution in [0.3, 0.4) is 0 Å². The van der Waals surface area contributed by atoms with E-state index in [-0.39, 0.29) is 0 Å². The minimum Gasteiger partial charge on any atom is -0.356 e. The van der Waals surface area contributed by atoms with E-state index in [1.54, 1.807) is 0 Å². The molecule has 4 rings (SSSR count). The Bertz CT molecular complexity index is 633. The Balaban J connectivity index is 1.50. The van der Waals surface area contributed by atoms with Crippen LogP contribution in [0, 0.1) is 0 Å². The number of hydrogen-bond donors (Lipinski definition) is 1. The Morgan fingerprint density at radius 3 is 2.77 bits per heavy atom. The smallest absolute Gasteiger partial charge is 0.223 e. The molecular weight excluding hydrogens is 280 g/mol. The van der Waals surface area contributed by atoms with Gasteiger partial charge in [0.05, 0.1) is 32.1 Å². The monoisotopic (exact) mass is 300 g/mol. The number of ether oxygens (including phenoxy) is 3. The molecule has 0 saturated carbocycles. The summed E-state index contributed by atoms with van der Waals surface area (Å²) in [6.07, 6.45) is 2.05. The number of rotatable bonds is 4. The van der Waals surface area contributed by atoms with Crippen molar-refractivity contribution >= 4 is 0 Å². The van der Waals surface area contributed by atoms with Gasteiger partial charge in [-0.3, -0.25) is 0 Å². The zero-order valence-electron chi connectivity index (χ0n) is 12.5. The number of fused-ring (bicyclic) bond motifs is 2. The molecule has 3 heterocycles. The van der Waals surface area contributed by atoms with E-state index in [9.17, 15) is 0 Å². The van der Waals surface area contributed by atoms with Crippen LogP contribution >= 0.6 is 0 Å². The van der Waals surface area contributed by atoms with Crippen molar-refractivity contribution in [2.45, 2.75) is 25.7 Å². The van der Waals surface area contributed by atoms with Gasteiger partial charge >= 0.3 is 0 Å². The normalized spacial score (nSPS) is 19.5. The third-order valence-electron chi connectivity index (χ3n) is 4.18. The molecule has 1 spiro atoms. The summed E-state index contributed by atoms with van der Waals surface area (Å²) in [4.78, 5) is 0. The molecule has 0 unspecified atom stereocenters. The quantitative estimate of drug-likeness (QED) is 0.937. The highest BCUT2D eigenvalue weighted by Gasteiger charge is 2.44. The zero-order valence-corrected chi connectivity index (χ0v) is 12.5. The van der Waals surface area contributed by atoms with Gasteiger partial charge in [-0.2, -0.15) is 0 Å². The highest BCUT2D eigenvalue weighted by molar-refractivity contribution is 5.30. The van der Waals surface area contributed by atoms with Crippen molar-refractivity contribution in [3.8, 4) is 0 Å². The van der Waals surface area contributed by atoms with E-state index < -0.39 is 5.79 Å². The molecule has 0 atom stereocenters. The second-order valence-electron chi connectivity index (χ2n) is 5.68.